The first kappa shape index (κ1) is 14.5. The fourth-order valence-electron chi connectivity index (χ4n) is 2.02. The molecule has 0 saturated heterocycles. The van der Waals surface area contributed by atoms with Crippen LogP contribution in [0, 0.1) is 4.64 Å². The molecular weight excluding hydrogens is 268 g/mol. The zero-order valence-electron chi connectivity index (χ0n) is 11.7. The summed E-state index contributed by atoms with van der Waals surface area (Å²) in [6.45, 7) is 2.70. The molecule has 0 spiro atoms. The van der Waals surface area contributed by atoms with E-state index in [1.807, 2.05) is 0 Å². The second kappa shape index (κ2) is 6.48. The minimum absolute atomic E-state index is 0.0635. The minimum Gasteiger partial charge on any atom is -0.352 e. The molecular formula is C16H18N2OS. The minimum atomic E-state index is -0.0635. The maximum atomic E-state index is 12.3. The number of aromatic nitrogens is 1. The molecule has 0 atom stereocenters. The zero-order chi connectivity index (χ0) is 14.5. The van der Waals surface area contributed by atoms with Crippen molar-refractivity contribution < 1.29 is 4.79 Å². The van der Waals surface area contributed by atoms with E-state index in [0.29, 0.717) is 16.7 Å². The van der Waals surface area contributed by atoms with Gasteiger partial charge in [-0.15, -0.1) is 0 Å². The predicted molar refractivity (Wildman–Crippen MR) is 83.2 cm³/mol. The number of H-pyrrole nitrogens is 1. The van der Waals surface area contributed by atoms with Gasteiger partial charge in [0.25, 0.3) is 5.91 Å². The molecule has 0 saturated carbocycles. The number of hydrogen-bond donors (Lipinski definition) is 1. The first-order valence-electron chi connectivity index (χ1n) is 6.62. The topological polar surface area (TPSA) is 36.1 Å². The standard InChI is InChI=1S/C16H18N2OS/c1-3-12-6-8-13(9-7-12)11-18(2)16(19)14-5-4-10-17-15(14)20/h4-10H,3,11H2,1-2H3,(H,17,20). The van der Waals surface area contributed by atoms with Crippen LogP contribution in [0.5, 0.6) is 0 Å². The molecule has 1 amide bonds. The molecule has 1 aromatic heterocycles. The van der Waals surface area contributed by atoms with Crippen LogP contribution < -0.4 is 0 Å². The number of carbonyl (C=O) groups is 1. The second-order valence-electron chi connectivity index (χ2n) is 4.74. The summed E-state index contributed by atoms with van der Waals surface area (Å²) in [7, 11) is 1.79. The summed E-state index contributed by atoms with van der Waals surface area (Å²) in [5.74, 6) is -0.0635. The highest BCUT2D eigenvalue weighted by molar-refractivity contribution is 7.71. The molecule has 104 valence electrons. The van der Waals surface area contributed by atoms with Crippen LogP contribution >= 0.6 is 12.2 Å². The average Bonchev–Trinajstić information content (AvgIpc) is 2.48. The number of nitrogens with zero attached hydrogens (tertiary/aromatic N) is 1. The van der Waals surface area contributed by atoms with Gasteiger partial charge in [-0.3, -0.25) is 4.79 Å². The number of aromatic amines is 1. The van der Waals surface area contributed by atoms with E-state index in [2.05, 4.69) is 36.2 Å². The molecule has 3 nitrogen and oxygen atoms in total. The lowest BCUT2D eigenvalue weighted by Gasteiger charge is -2.17. The number of benzene rings is 1. The van der Waals surface area contributed by atoms with Gasteiger partial charge < -0.3 is 9.88 Å². The van der Waals surface area contributed by atoms with E-state index in [-0.39, 0.29) is 5.91 Å². The first-order chi connectivity index (χ1) is 9.61. The third-order valence-electron chi connectivity index (χ3n) is 3.25. The van der Waals surface area contributed by atoms with E-state index in [0.717, 1.165) is 12.0 Å². The predicted octanol–water partition coefficient (Wildman–Crippen LogP) is 3.58. The maximum absolute atomic E-state index is 12.3. The molecule has 0 fully saturated rings. The van der Waals surface area contributed by atoms with Gasteiger partial charge >= 0.3 is 0 Å². The fraction of sp³-hybridized carbons (Fsp3) is 0.250. The number of amides is 1. The second-order valence-corrected chi connectivity index (χ2v) is 5.15. The molecule has 4 heteroatoms. The molecule has 2 rings (SSSR count). The third kappa shape index (κ3) is 3.33. The van der Waals surface area contributed by atoms with Crippen molar-refractivity contribution >= 4 is 18.1 Å². The highest BCUT2D eigenvalue weighted by Gasteiger charge is 2.13. The van der Waals surface area contributed by atoms with Crippen molar-refractivity contribution in [3.05, 3.63) is 63.9 Å². The van der Waals surface area contributed by atoms with E-state index < -0.39 is 0 Å². The summed E-state index contributed by atoms with van der Waals surface area (Å²) in [4.78, 5) is 16.9. The van der Waals surface area contributed by atoms with Crippen LogP contribution in [-0.2, 0) is 13.0 Å². The summed E-state index contributed by atoms with van der Waals surface area (Å²) >= 11 is 5.14. The number of nitrogens with one attached hydrogen (secondary N) is 1. The Kier molecular flexibility index (Phi) is 4.69. The summed E-state index contributed by atoms with van der Waals surface area (Å²) in [5.41, 5.74) is 2.95. The smallest absolute Gasteiger partial charge is 0.256 e. The third-order valence-corrected chi connectivity index (χ3v) is 3.58. The van der Waals surface area contributed by atoms with Crippen molar-refractivity contribution in [3.8, 4) is 0 Å². The highest BCUT2D eigenvalue weighted by Crippen LogP contribution is 2.10. The largest absolute Gasteiger partial charge is 0.352 e. The molecule has 0 radical (unpaired) electrons. The van der Waals surface area contributed by atoms with Gasteiger partial charge in [0.1, 0.15) is 4.64 Å². The molecule has 1 N–H and O–H groups in total. The Labute approximate surface area is 124 Å². The van der Waals surface area contributed by atoms with E-state index in [4.69, 9.17) is 12.2 Å². The lowest BCUT2D eigenvalue weighted by molar-refractivity contribution is 0.0784. The van der Waals surface area contributed by atoms with Gasteiger partial charge in [0.2, 0.25) is 0 Å². The Balaban J connectivity index is 2.11. The van der Waals surface area contributed by atoms with Crippen LogP contribution in [0.3, 0.4) is 0 Å². The number of aryl methyl sites for hydroxylation is 1. The van der Waals surface area contributed by atoms with E-state index in [1.54, 1.807) is 30.3 Å². The van der Waals surface area contributed by atoms with E-state index in [1.165, 1.54) is 5.56 Å². The molecule has 0 bridgehead atoms. The molecule has 0 aliphatic carbocycles. The molecule has 20 heavy (non-hydrogen) atoms. The van der Waals surface area contributed by atoms with Crippen molar-refractivity contribution in [1.29, 1.82) is 0 Å². The first-order valence-corrected chi connectivity index (χ1v) is 7.03. The average molecular weight is 286 g/mol. The van der Waals surface area contributed by atoms with Crippen LogP contribution in [0.1, 0.15) is 28.4 Å². The summed E-state index contributed by atoms with van der Waals surface area (Å²) in [5, 5.41) is 0. The molecule has 2 aromatic rings. The SMILES string of the molecule is CCc1ccc(CN(C)C(=O)c2ccc[nH]c2=S)cc1. The summed E-state index contributed by atoms with van der Waals surface area (Å²) < 4.78 is 0.477. The Morgan fingerprint density at radius 2 is 1.85 bits per heavy atom. The maximum Gasteiger partial charge on any atom is 0.256 e. The molecule has 1 aromatic carbocycles. The van der Waals surface area contributed by atoms with Crippen molar-refractivity contribution in [2.24, 2.45) is 0 Å². The van der Waals surface area contributed by atoms with Crippen molar-refractivity contribution in [2.75, 3.05) is 7.05 Å². The van der Waals surface area contributed by atoms with Crippen molar-refractivity contribution in [2.45, 2.75) is 19.9 Å². The van der Waals surface area contributed by atoms with Gasteiger partial charge in [-0.25, -0.2) is 0 Å². The Morgan fingerprint density at radius 1 is 1.20 bits per heavy atom. The van der Waals surface area contributed by atoms with Gasteiger partial charge in [-0.05, 0) is 29.7 Å². The Hall–Kier alpha value is -1.94. The van der Waals surface area contributed by atoms with Gasteiger partial charge in [0.05, 0.1) is 5.56 Å². The fourth-order valence-corrected chi connectivity index (χ4v) is 2.25. The van der Waals surface area contributed by atoms with Crippen molar-refractivity contribution in [3.63, 3.8) is 0 Å². The quantitative estimate of drug-likeness (QED) is 0.872. The van der Waals surface area contributed by atoms with Crippen LogP contribution in [0.15, 0.2) is 42.6 Å². The van der Waals surface area contributed by atoms with E-state index >= 15 is 0 Å². The lowest BCUT2D eigenvalue weighted by Crippen LogP contribution is -2.26. The van der Waals surface area contributed by atoms with Gasteiger partial charge in [0, 0.05) is 19.8 Å². The van der Waals surface area contributed by atoms with Crippen LogP contribution in [0.2, 0.25) is 0 Å². The molecule has 1 heterocycles. The summed E-state index contributed by atoms with van der Waals surface area (Å²) in [6, 6.07) is 11.9. The normalized spacial score (nSPS) is 10.3. The lowest BCUT2D eigenvalue weighted by atomic mass is 10.1. The molecule has 0 aliphatic heterocycles. The van der Waals surface area contributed by atoms with Crippen LogP contribution in [0.25, 0.3) is 0 Å². The molecule has 0 aliphatic rings. The number of carbonyl (C=O) groups excluding carboxylic acids is 1. The Bertz CT molecular complexity index is 646. The number of pyridine rings is 1. The van der Waals surface area contributed by atoms with Crippen LogP contribution in [0.4, 0.5) is 0 Å². The highest BCUT2D eigenvalue weighted by atomic mass is 32.1. The summed E-state index contributed by atoms with van der Waals surface area (Å²) in [6.07, 6.45) is 2.75. The number of hydrogen-bond acceptors (Lipinski definition) is 2. The van der Waals surface area contributed by atoms with E-state index in [9.17, 15) is 4.79 Å². The Morgan fingerprint density at radius 3 is 2.45 bits per heavy atom. The van der Waals surface area contributed by atoms with Gasteiger partial charge in [-0.2, -0.15) is 0 Å². The van der Waals surface area contributed by atoms with Crippen molar-refractivity contribution in [1.82, 2.24) is 9.88 Å². The zero-order valence-corrected chi connectivity index (χ0v) is 12.5. The van der Waals surface area contributed by atoms with Gasteiger partial charge in [-0.1, -0.05) is 43.4 Å². The van der Waals surface area contributed by atoms with Gasteiger partial charge in [0.15, 0.2) is 0 Å². The van der Waals surface area contributed by atoms with Crippen LogP contribution in [-0.4, -0.2) is 22.8 Å². The number of rotatable bonds is 4. The monoisotopic (exact) mass is 286 g/mol. The molecule has 0 unspecified atom stereocenters.